The highest BCUT2D eigenvalue weighted by Gasteiger charge is 2.47. The Morgan fingerprint density at radius 2 is 2.00 bits per heavy atom. The van der Waals surface area contributed by atoms with E-state index in [1.54, 1.807) is 11.8 Å². The fraction of sp³-hybridized carbons (Fsp3) is 0.667. The smallest absolute Gasteiger partial charge is 0.246 e. The van der Waals surface area contributed by atoms with Crippen LogP contribution in [0, 0.1) is 19.8 Å². The average Bonchev–Trinajstić information content (AvgIpc) is 3.20. The maximum atomic E-state index is 12.8. The lowest BCUT2D eigenvalue weighted by Crippen LogP contribution is -2.63. The SMILES string of the molecule is Cc1noc(C)c1C(C)N1C(=O)C(C2CC2)NC(=O)C1C. The highest BCUT2D eigenvalue weighted by atomic mass is 16.5. The molecule has 1 saturated carbocycles. The molecule has 3 atom stereocenters. The van der Waals surface area contributed by atoms with E-state index in [1.165, 1.54) is 0 Å². The number of hydrogen-bond donors (Lipinski definition) is 1. The van der Waals surface area contributed by atoms with Crippen LogP contribution in [0.4, 0.5) is 0 Å². The Morgan fingerprint density at radius 1 is 1.33 bits per heavy atom. The third-order valence-electron chi connectivity index (χ3n) is 4.63. The van der Waals surface area contributed by atoms with E-state index in [0.717, 1.165) is 24.1 Å². The molecule has 1 aromatic rings. The van der Waals surface area contributed by atoms with Gasteiger partial charge in [0.1, 0.15) is 17.8 Å². The first-order valence-corrected chi connectivity index (χ1v) is 7.47. The lowest BCUT2D eigenvalue weighted by Gasteiger charge is -2.41. The predicted octanol–water partition coefficient (Wildman–Crippen LogP) is 1.48. The van der Waals surface area contributed by atoms with Crippen LogP contribution < -0.4 is 5.32 Å². The van der Waals surface area contributed by atoms with Gasteiger partial charge in [0.2, 0.25) is 11.8 Å². The summed E-state index contributed by atoms with van der Waals surface area (Å²) in [4.78, 5) is 26.7. The third-order valence-corrected chi connectivity index (χ3v) is 4.63. The van der Waals surface area contributed by atoms with Gasteiger partial charge in [0.05, 0.1) is 11.7 Å². The minimum Gasteiger partial charge on any atom is -0.361 e. The van der Waals surface area contributed by atoms with Crippen molar-refractivity contribution in [1.29, 1.82) is 0 Å². The van der Waals surface area contributed by atoms with Crippen molar-refractivity contribution in [1.82, 2.24) is 15.4 Å². The number of carbonyl (C=O) groups is 2. The van der Waals surface area contributed by atoms with E-state index >= 15 is 0 Å². The largest absolute Gasteiger partial charge is 0.361 e. The number of nitrogens with zero attached hydrogens (tertiary/aromatic N) is 2. The molecule has 1 N–H and O–H groups in total. The molecule has 2 amide bonds. The van der Waals surface area contributed by atoms with Gasteiger partial charge in [0.15, 0.2) is 0 Å². The van der Waals surface area contributed by atoms with Crippen LogP contribution in [0.5, 0.6) is 0 Å². The van der Waals surface area contributed by atoms with Crippen LogP contribution in [0.1, 0.15) is 49.7 Å². The number of hydrogen-bond acceptors (Lipinski definition) is 4. The van der Waals surface area contributed by atoms with E-state index in [4.69, 9.17) is 4.52 Å². The number of nitrogens with one attached hydrogen (secondary N) is 1. The van der Waals surface area contributed by atoms with Gasteiger partial charge in [0, 0.05) is 5.56 Å². The molecule has 0 radical (unpaired) electrons. The lowest BCUT2D eigenvalue weighted by molar-refractivity contribution is -0.151. The number of piperazine rings is 1. The predicted molar refractivity (Wildman–Crippen MR) is 75.4 cm³/mol. The molecule has 114 valence electrons. The Balaban J connectivity index is 1.94. The van der Waals surface area contributed by atoms with Gasteiger partial charge >= 0.3 is 0 Å². The molecular weight excluding hydrogens is 270 g/mol. The third kappa shape index (κ3) is 2.22. The molecular formula is C15H21N3O3. The standard InChI is InChI=1S/C15H21N3O3/c1-7-12(10(4)21-17-7)8(2)18-9(3)14(19)16-13(15(18)20)11-5-6-11/h8-9,11,13H,5-6H2,1-4H3,(H,16,19). The Morgan fingerprint density at radius 3 is 2.52 bits per heavy atom. The van der Waals surface area contributed by atoms with Crippen LogP contribution in [0.25, 0.3) is 0 Å². The van der Waals surface area contributed by atoms with Crippen molar-refractivity contribution >= 4 is 11.8 Å². The second kappa shape index (κ2) is 4.86. The summed E-state index contributed by atoms with van der Waals surface area (Å²) in [6.07, 6.45) is 2.03. The van der Waals surface area contributed by atoms with Gasteiger partial charge in [-0.15, -0.1) is 0 Å². The maximum Gasteiger partial charge on any atom is 0.246 e. The Labute approximate surface area is 123 Å². The molecule has 1 saturated heterocycles. The van der Waals surface area contributed by atoms with Crippen LogP contribution >= 0.6 is 0 Å². The number of aromatic nitrogens is 1. The number of aryl methyl sites for hydroxylation is 2. The van der Waals surface area contributed by atoms with E-state index in [-0.39, 0.29) is 23.9 Å². The molecule has 0 aromatic carbocycles. The first-order chi connectivity index (χ1) is 9.91. The molecule has 1 aliphatic heterocycles. The second-order valence-electron chi connectivity index (χ2n) is 6.16. The molecule has 6 heteroatoms. The fourth-order valence-corrected chi connectivity index (χ4v) is 3.31. The quantitative estimate of drug-likeness (QED) is 0.915. The summed E-state index contributed by atoms with van der Waals surface area (Å²) in [5.74, 6) is 0.935. The Kier molecular flexibility index (Phi) is 3.26. The van der Waals surface area contributed by atoms with Gasteiger partial charge in [0.25, 0.3) is 0 Å². The molecule has 1 aromatic heterocycles. The van der Waals surface area contributed by atoms with Crippen molar-refractivity contribution in [3.63, 3.8) is 0 Å². The number of amides is 2. The maximum absolute atomic E-state index is 12.8. The number of carbonyl (C=O) groups excluding carboxylic acids is 2. The molecule has 21 heavy (non-hydrogen) atoms. The Bertz CT molecular complexity index is 571. The van der Waals surface area contributed by atoms with Crippen LogP contribution in [-0.4, -0.2) is 34.0 Å². The molecule has 1 aliphatic carbocycles. The summed E-state index contributed by atoms with van der Waals surface area (Å²) in [6.45, 7) is 7.40. The Hall–Kier alpha value is -1.85. The molecule has 2 fully saturated rings. The number of rotatable bonds is 3. The minimum atomic E-state index is -0.476. The zero-order valence-electron chi connectivity index (χ0n) is 12.8. The first kappa shape index (κ1) is 14.1. The van der Waals surface area contributed by atoms with E-state index in [9.17, 15) is 9.59 Å². The topological polar surface area (TPSA) is 75.4 Å². The van der Waals surface area contributed by atoms with Crippen LogP contribution in [-0.2, 0) is 9.59 Å². The summed E-state index contributed by atoms with van der Waals surface area (Å²) >= 11 is 0. The molecule has 2 heterocycles. The van der Waals surface area contributed by atoms with E-state index < -0.39 is 6.04 Å². The summed E-state index contributed by atoms with van der Waals surface area (Å²) in [5, 5.41) is 6.82. The normalized spacial score (nSPS) is 27.7. The average molecular weight is 291 g/mol. The molecule has 6 nitrogen and oxygen atoms in total. The zero-order valence-corrected chi connectivity index (χ0v) is 12.8. The summed E-state index contributed by atoms with van der Waals surface area (Å²) in [7, 11) is 0. The summed E-state index contributed by atoms with van der Waals surface area (Å²) in [6, 6.07) is -1.06. The van der Waals surface area contributed by atoms with Gasteiger partial charge in [-0.3, -0.25) is 9.59 Å². The lowest BCUT2D eigenvalue weighted by atomic mass is 9.98. The monoisotopic (exact) mass is 291 g/mol. The van der Waals surface area contributed by atoms with Crippen LogP contribution in [0.2, 0.25) is 0 Å². The van der Waals surface area contributed by atoms with Crippen molar-refractivity contribution in [3.05, 3.63) is 17.0 Å². The van der Waals surface area contributed by atoms with Gasteiger partial charge in [-0.2, -0.15) is 0 Å². The highest BCUT2D eigenvalue weighted by Crippen LogP contribution is 2.37. The second-order valence-corrected chi connectivity index (χ2v) is 6.16. The van der Waals surface area contributed by atoms with Crippen molar-refractivity contribution in [2.24, 2.45) is 5.92 Å². The summed E-state index contributed by atoms with van der Waals surface area (Å²) < 4.78 is 5.20. The highest BCUT2D eigenvalue weighted by molar-refractivity contribution is 5.97. The van der Waals surface area contributed by atoms with Crippen LogP contribution in [0.3, 0.4) is 0 Å². The molecule has 3 rings (SSSR count). The van der Waals surface area contributed by atoms with Gasteiger partial charge < -0.3 is 14.7 Å². The first-order valence-electron chi connectivity index (χ1n) is 7.47. The molecule has 0 spiro atoms. The van der Waals surface area contributed by atoms with E-state index in [0.29, 0.717) is 11.7 Å². The van der Waals surface area contributed by atoms with Gasteiger partial charge in [-0.1, -0.05) is 5.16 Å². The van der Waals surface area contributed by atoms with Crippen molar-refractivity contribution in [2.75, 3.05) is 0 Å². The van der Waals surface area contributed by atoms with Crippen molar-refractivity contribution in [3.8, 4) is 0 Å². The van der Waals surface area contributed by atoms with Crippen molar-refractivity contribution in [2.45, 2.75) is 58.7 Å². The van der Waals surface area contributed by atoms with Gasteiger partial charge in [-0.05, 0) is 46.5 Å². The van der Waals surface area contributed by atoms with E-state index in [2.05, 4.69) is 10.5 Å². The van der Waals surface area contributed by atoms with Crippen molar-refractivity contribution < 1.29 is 14.1 Å². The van der Waals surface area contributed by atoms with Gasteiger partial charge in [-0.25, -0.2) is 0 Å². The van der Waals surface area contributed by atoms with Crippen LogP contribution in [0.15, 0.2) is 4.52 Å². The van der Waals surface area contributed by atoms with E-state index in [1.807, 2.05) is 20.8 Å². The molecule has 0 bridgehead atoms. The zero-order chi connectivity index (χ0) is 15.3. The fourth-order valence-electron chi connectivity index (χ4n) is 3.31. The molecule has 3 unspecified atom stereocenters. The molecule has 2 aliphatic rings. The summed E-state index contributed by atoms with van der Waals surface area (Å²) in [5.41, 5.74) is 1.67. The minimum absolute atomic E-state index is 0.0112.